The van der Waals surface area contributed by atoms with Gasteiger partial charge in [0.2, 0.25) is 0 Å². The maximum Gasteiger partial charge on any atom is 0.421 e. The Hall–Kier alpha value is -3.14. The van der Waals surface area contributed by atoms with Gasteiger partial charge in [0.15, 0.2) is 0 Å². The van der Waals surface area contributed by atoms with E-state index in [9.17, 15) is 9.59 Å². The molecule has 25 heavy (non-hydrogen) atoms. The Morgan fingerprint density at radius 3 is 2.36 bits per heavy atom. The van der Waals surface area contributed by atoms with Crippen LogP contribution >= 0.6 is 0 Å². The van der Waals surface area contributed by atoms with Crippen LogP contribution < -0.4 is 5.56 Å². The number of benzene rings is 2. The van der Waals surface area contributed by atoms with Crippen molar-refractivity contribution in [2.24, 2.45) is 0 Å². The zero-order valence-corrected chi connectivity index (χ0v) is 14.2. The van der Waals surface area contributed by atoms with E-state index in [1.807, 2.05) is 37.3 Å². The molecule has 0 N–H and O–H groups in total. The van der Waals surface area contributed by atoms with Crippen molar-refractivity contribution in [3.8, 4) is 11.1 Å². The lowest BCUT2D eigenvalue weighted by molar-refractivity contribution is 0.140. The number of ether oxygens (including phenoxy) is 1. The van der Waals surface area contributed by atoms with E-state index in [4.69, 9.17) is 4.74 Å². The Kier molecular flexibility index (Phi) is 4.80. The summed E-state index contributed by atoms with van der Waals surface area (Å²) in [5, 5.41) is 0. The molecule has 0 amide bonds. The van der Waals surface area contributed by atoms with Crippen LogP contribution in [0.4, 0.5) is 4.79 Å². The van der Waals surface area contributed by atoms with Crippen LogP contribution in [0.25, 0.3) is 11.1 Å². The van der Waals surface area contributed by atoms with Crippen molar-refractivity contribution in [3.05, 3.63) is 93.9 Å². The fourth-order valence-electron chi connectivity index (χ4n) is 2.79. The average molecular weight is 333 g/mol. The fraction of sp³-hybridized carbons (Fsp3) is 0.143. The Morgan fingerprint density at radius 2 is 1.64 bits per heavy atom. The van der Waals surface area contributed by atoms with E-state index < -0.39 is 11.7 Å². The van der Waals surface area contributed by atoms with Crippen molar-refractivity contribution >= 4 is 6.09 Å². The largest absolute Gasteiger partial charge is 0.444 e. The quantitative estimate of drug-likeness (QED) is 0.717. The van der Waals surface area contributed by atoms with Gasteiger partial charge in [0.05, 0.1) is 0 Å². The number of hydrogen-bond acceptors (Lipinski definition) is 3. The lowest BCUT2D eigenvalue weighted by Gasteiger charge is -2.12. The SMILES string of the molecule is Cc1ccccc1-c1ccc(COC(=O)n2ccccc2=O)cc1C. The number of carbonyl (C=O) groups excluding carboxylic acids is 1. The van der Waals surface area contributed by atoms with E-state index in [-0.39, 0.29) is 6.61 Å². The predicted molar refractivity (Wildman–Crippen MR) is 97.6 cm³/mol. The lowest BCUT2D eigenvalue weighted by Crippen LogP contribution is -2.26. The topological polar surface area (TPSA) is 48.3 Å². The summed E-state index contributed by atoms with van der Waals surface area (Å²) >= 11 is 0. The van der Waals surface area contributed by atoms with Gasteiger partial charge in [0.25, 0.3) is 5.56 Å². The lowest BCUT2D eigenvalue weighted by atomic mass is 9.95. The summed E-state index contributed by atoms with van der Waals surface area (Å²) < 4.78 is 6.20. The molecule has 0 aliphatic rings. The Morgan fingerprint density at radius 1 is 0.920 bits per heavy atom. The molecule has 0 saturated carbocycles. The Labute approximate surface area is 146 Å². The highest BCUT2D eigenvalue weighted by atomic mass is 16.5. The average Bonchev–Trinajstić information content (AvgIpc) is 2.61. The molecular weight excluding hydrogens is 314 g/mol. The predicted octanol–water partition coefficient (Wildman–Crippen LogP) is 4.32. The summed E-state index contributed by atoms with van der Waals surface area (Å²) in [5.74, 6) is 0. The molecule has 0 saturated heterocycles. The molecular formula is C21H19NO3. The number of aryl methyl sites for hydroxylation is 2. The van der Waals surface area contributed by atoms with Gasteiger partial charge in [-0.15, -0.1) is 0 Å². The van der Waals surface area contributed by atoms with Crippen molar-refractivity contribution in [2.75, 3.05) is 0 Å². The number of rotatable bonds is 3. The smallest absolute Gasteiger partial charge is 0.421 e. The second kappa shape index (κ2) is 7.18. The standard InChI is InChI=1S/C21H19NO3/c1-15-7-3-4-8-18(15)19-11-10-17(13-16(19)2)14-25-21(24)22-12-6-5-9-20(22)23/h3-13H,14H2,1-2H3. The molecule has 0 fully saturated rings. The van der Waals surface area contributed by atoms with Gasteiger partial charge in [-0.05, 0) is 47.7 Å². The van der Waals surface area contributed by atoms with Crippen molar-refractivity contribution in [1.82, 2.24) is 4.57 Å². The summed E-state index contributed by atoms with van der Waals surface area (Å²) in [5.41, 5.74) is 5.16. The molecule has 0 unspecified atom stereocenters. The van der Waals surface area contributed by atoms with Crippen LogP contribution in [0.15, 0.2) is 71.7 Å². The van der Waals surface area contributed by atoms with Gasteiger partial charge < -0.3 is 4.74 Å². The minimum Gasteiger partial charge on any atom is -0.444 e. The van der Waals surface area contributed by atoms with Crippen LogP contribution in [-0.2, 0) is 11.3 Å². The van der Waals surface area contributed by atoms with Gasteiger partial charge in [0.1, 0.15) is 6.61 Å². The van der Waals surface area contributed by atoms with Gasteiger partial charge in [0, 0.05) is 12.3 Å². The molecule has 2 aromatic carbocycles. The minimum atomic E-state index is -0.675. The van der Waals surface area contributed by atoms with Gasteiger partial charge in [-0.3, -0.25) is 4.79 Å². The van der Waals surface area contributed by atoms with E-state index in [1.54, 1.807) is 12.1 Å². The zero-order valence-electron chi connectivity index (χ0n) is 14.2. The van der Waals surface area contributed by atoms with Crippen LogP contribution in [0.1, 0.15) is 16.7 Å². The molecule has 126 valence electrons. The van der Waals surface area contributed by atoms with Crippen molar-refractivity contribution in [3.63, 3.8) is 0 Å². The molecule has 0 aliphatic heterocycles. The van der Waals surface area contributed by atoms with Crippen LogP contribution in [0.3, 0.4) is 0 Å². The van der Waals surface area contributed by atoms with E-state index in [0.717, 1.165) is 21.3 Å². The summed E-state index contributed by atoms with van der Waals surface area (Å²) in [6.45, 7) is 4.24. The monoisotopic (exact) mass is 333 g/mol. The van der Waals surface area contributed by atoms with Crippen LogP contribution in [0.2, 0.25) is 0 Å². The Balaban J connectivity index is 1.76. The molecule has 0 radical (unpaired) electrons. The molecule has 0 atom stereocenters. The van der Waals surface area contributed by atoms with Gasteiger partial charge in [-0.25, -0.2) is 9.36 Å². The third-order valence-electron chi connectivity index (χ3n) is 4.11. The first kappa shape index (κ1) is 16.7. The first-order valence-corrected chi connectivity index (χ1v) is 8.06. The second-order valence-corrected chi connectivity index (χ2v) is 5.93. The van der Waals surface area contributed by atoms with Crippen LogP contribution in [-0.4, -0.2) is 10.7 Å². The molecule has 0 bridgehead atoms. The molecule has 3 rings (SSSR count). The number of pyridine rings is 1. The van der Waals surface area contributed by atoms with Crippen LogP contribution in [0, 0.1) is 13.8 Å². The van der Waals surface area contributed by atoms with E-state index in [1.165, 1.54) is 23.4 Å². The van der Waals surface area contributed by atoms with Crippen molar-refractivity contribution in [1.29, 1.82) is 0 Å². The highest BCUT2D eigenvalue weighted by Gasteiger charge is 2.09. The van der Waals surface area contributed by atoms with Gasteiger partial charge in [-0.2, -0.15) is 0 Å². The summed E-state index contributed by atoms with van der Waals surface area (Å²) in [4.78, 5) is 23.6. The first-order chi connectivity index (χ1) is 12.1. The number of hydrogen-bond donors (Lipinski definition) is 0. The summed E-state index contributed by atoms with van der Waals surface area (Å²) in [7, 11) is 0. The molecule has 4 heteroatoms. The van der Waals surface area contributed by atoms with Gasteiger partial charge >= 0.3 is 6.09 Å². The number of nitrogens with zero attached hydrogens (tertiary/aromatic N) is 1. The second-order valence-electron chi connectivity index (χ2n) is 5.93. The van der Waals surface area contributed by atoms with Crippen molar-refractivity contribution in [2.45, 2.75) is 20.5 Å². The maximum atomic E-state index is 12.0. The van der Waals surface area contributed by atoms with Crippen LogP contribution in [0.5, 0.6) is 0 Å². The minimum absolute atomic E-state index is 0.120. The third kappa shape index (κ3) is 3.69. The third-order valence-corrected chi connectivity index (χ3v) is 4.11. The molecule has 4 nitrogen and oxygen atoms in total. The number of carbonyl (C=O) groups is 1. The summed E-state index contributed by atoms with van der Waals surface area (Å²) in [6, 6.07) is 18.7. The molecule has 0 spiro atoms. The molecule has 1 heterocycles. The fourth-order valence-corrected chi connectivity index (χ4v) is 2.79. The first-order valence-electron chi connectivity index (χ1n) is 8.06. The maximum absolute atomic E-state index is 12.0. The molecule has 3 aromatic rings. The zero-order chi connectivity index (χ0) is 17.8. The molecule has 1 aromatic heterocycles. The molecule has 0 aliphatic carbocycles. The Bertz CT molecular complexity index is 973. The normalized spacial score (nSPS) is 10.5. The van der Waals surface area contributed by atoms with E-state index >= 15 is 0 Å². The van der Waals surface area contributed by atoms with E-state index in [2.05, 4.69) is 19.1 Å². The number of aromatic nitrogens is 1. The van der Waals surface area contributed by atoms with Gasteiger partial charge in [-0.1, -0.05) is 48.5 Å². The van der Waals surface area contributed by atoms with E-state index in [0.29, 0.717) is 0 Å². The highest BCUT2D eigenvalue weighted by molar-refractivity contribution is 5.71. The van der Waals surface area contributed by atoms with Crippen molar-refractivity contribution < 1.29 is 9.53 Å². The summed E-state index contributed by atoms with van der Waals surface area (Å²) in [6.07, 6.45) is 0.725. The highest BCUT2D eigenvalue weighted by Crippen LogP contribution is 2.27.